The average Bonchev–Trinajstić information content (AvgIpc) is 2.70. The van der Waals surface area contributed by atoms with Crippen LogP contribution in [0.4, 0.5) is 13.2 Å². The van der Waals surface area contributed by atoms with Gasteiger partial charge in [0.2, 0.25) is 0 Å². The number of nitrogens with one attached hydrogen (secondary N) is 2. The molecule has 1 unspecified atom stereocenters. The summed E-state index contributed by atoms with van der Waals surface area (Å²) in [6.45, 7) is 9.05. The lowest BCUT2D eigenvalue weighted by atomic mass is 10.0. The fourth-order valence-electron chi connectivity index (χ4n) is 3.28. The first-order chi connectivity index (χ1) is 14.2. The number of benzene rings is 1. The van der Waals surface area contributed by atoms with Crippen LogP contribution in [0, 0.1) is 0 Å². The molecule has 1 aromatic carbocycles. The maximum atomic E-state index is 12.8. The van der Waals surface area contributed by atoms with Crippen LogP contribution in [0.25, 0.3) is 0 Å². The summed E-state index contributed by atoms with van der Waals surface area (Å²) in [6.07, 6.45) is -3.33. The molecule has 3 N–H and O–H groups in total. The second kappa shape index (κ2) is 13.3. The van der Waals surface area contributed by atoms with Gasteiger partial charge >= 0.3 is 6.18 Å². The fraction of sp³-hybridized carbons (Fsp3) is 0.667. The second-order valence-electron chi connectivity index (χ2n) is 7.76. The molecule has 10 heteroatoms. The number of halogens is 4. The quantitative estimate of drug-likeness (QED) is 0.259. The van der Waals surface area contributed by atoms with E-state index in [2.05, 4.69) is 34.4 Å². The molecule has 31 heavy (non-hydrogen) atoms. The maximum Gasteiger partial charge on any atom is 0.416 e. The Labute approximate surface area is 199 Å². The third kappa shape index (κ3) is 9.82. The van der Waals surface area contributed by atoms with Gasteiger partial charge in [0.05, 0.1) is 12.1 Å². The number of aliphatic imine (C=N–C) groups is 1. The highest BCUT2D eigenvalue weighted by molar-refractivity contribution is 14.0. The fourth-order valence-corrected chi connectivity index (χ4v) is 3.28. The number of guanidine groups is 1. The van der Waals surface area contributed by atoms with Crippen molar-refractivity contribution in [2.24, 2.45) is 4.99 Å². The Morgan fingerprint density at radius 1 is 1.29 bits per heavy atom. The van der Waals surface area contributed by atoms with Crippen molar-refractivity contribution in [3.63, 3.8) is 0 Å². The van der Waals surface area contributed by atoms with E-state index in [0.717, 1.165) is 38.1 Å². The Morgan fingerprint density at radius 2 is 1.97 bits per heavy atom. The molecular weight excluding hydrogens is 524 g/mol. The van der Waals surface area contributed by atoms with Crippen molar-refractivity contribution < 1.29 is 23.0 Å². The van der Waals surface area contributed by atoms with Gasteiger partial charge in [0, 0.05) is 31.7 Å². The minimum absolute atomic E-state index is 0. The van der Waals surface area contributed by atoms with E-state index in [1.54, 1.807) is 0 Å². The van der Waals surface area contributed by atoms with Crippen LogP contribution < -0.4 is 15.4 Å². The van der Waals surface area contributed by atoms with Crippen molar-refractivity contribution in [1.82, 2.24) is 15.5 Å². The lowest BCUT2D eigenvalue weighted by Crippen LogP contribution is -2.50. The first kappa shape index (κ1) is 27.8. The zero-order chi connectivity index (χ0) is 22.1. The third-order valence-corrected chi connectivity index (χ3v) is 5.01. The maximum absolute atomic E-state index is 12.8. The van der Waals surface area contributed by atoms with Gasteiger partial charge in [-0.25, -0.2) is 0 Å². The number of likely N-dealkylation sites (tertiary alicyclic amines) is 1. The second-order valence-corrected chi connectivity index (χ2v) is 7.76. The molecule has 1 aromatic rings. The minimum atomic E-state index is -4.43. The molecule has 178 valence electrons. The number of nitrogens with zero attached hydrogens (tertiary/aromatic N) is 2. The smallest absolute Gasteiger partial charge is 0.416 e. The molecule has 0 aliphatic carbocycles. The van der Waals surface area contributed by atoms with Crippen LogP contribution in [0.3, 0.4) is 0 Å². The average molecular weight is 558 g/mol. The number of aliphatic hydroxyl groups is 1. The van der Waals surface area contributed by atoms with Crippen molar-refractivity contribution >= 4 is 29.9 Å². The molecule has 0 bridgehead atoms. The SMILES string of the molecule is CCNC(=NCC(O)COc1cccc(C(F)(F)F)c1)NC1CCN(C(C)C)CC1.I. The topological polar surface area (TPSA) is 69.1 Å². The Balaban J connectivity index is 0.00000480. The van der Waals surface area contributed by atoms with Gasteiger partial charge in [0.15, 0.2) is 5.96 Å². The molecule has 1 saturated heterocycles. The number of rotatable bonds is 8. The highest BCUT2D eigenvalue weighted by Gasteiger charge is 2.30. The zero-order valence-electron chi connectivity index (χ0n) is 18.3. The number of aliphatic hydroxyl groups excluding tert-OH is 1. The van der Waals surface area contributed by atoms with Gasteiger partial charge < -0.3 is 25.4 Å². The Kier molecular flexibility index (Phi) is 11.9. The van der Waals surface area contributed by atoms with E-state index in [1.807, 2.05) is 6.92 Å². The van der Waals surface area contributed by atoms with Crippen molar-refractivity contribution in [2.45, 2.75) is 58.0 Å². The van der Waals surface area contributed by atoms with Crippen molar-refractivity contribution in [2.75, 3.05) is 32.8 Å². The normalized spacial score (nSPS) is 17.2. The van der Waals surface area contributed by atoms with Crippen LogP contribution in [-0.2, 0) is 6.18 Å². The van der Waals surface area contributed by atoms with Gasteiger partial charge in [0.1, 0.15) is 18.5 Å². The monoisotopic (exact) mass is 558 g/mol. The molecule has 1 aliphatic heterocycles. The highest BCUT2D eigenvalue weighted by Crippen LogP contribution is 2.31. The Morgan fingerprint density at radius 3 is 2.55 bits per heavy atom. The van der Waals surface area contributed by atoms with Crippen LogP contribution in [0.1, 0.15) is 39.2 Å². The van der Waals surface area contributed by atoms with Crippen LogP contribution in [0.2, 0.25) is 0 Å². The zero-order valence-corrected chi connectivity index (χ0v) is 20.6. The van der Waals surface area contributed by atoms with Crippen molar-refractivity contribution in [3.8, 4) is 5.75 Å². The molecule has 0 aromatic heterocycles. The van der Waals surface area contributed by atoms with E-state index in [0.29, 0.717) is 24.6 Å². The highest BCUT2D eigenvalue weighted by atomic mass is 127. The van der Waals surface area contributed by atoms with Crippen LogP contribution >= 0.6 is 24.0 Å². The third-order valence-electron chi connectivity index (χ3n) is 5.01. The number of piperidine rings is 1. The molecule has 2 rings (SSSR count). The Hall–Kier alpha value is -1.27. The first-order valence-electron chi connectivity index (χ1n) is 10.5. The van der Waals surface area contributed by atoms with Gasteiger partial charge in [-0.05, 0) is 51.8 Å². The summed E-state index contributed by atoms with van der Waals surface area (Å²) in [6, 6.07) is 5.47. The van der Waals surface area contributed by atoms with Crippen LogP contribution in [-0.4, -0.2) is 66.9 Å². The van der Waals surface area contributed by atoms with E-state index >= 15 is 0 Å². The lowest BCUT2D eigenvalue weighted by molar-refractivity contribution is -0.137. The predicted molar refractivity (Wildman–Crippen MR) is 127 cm³/mol. The molecular formula is C21H34F3IN4O2. The van der Waals surface area contributed by atoms with Crippen molar-refractivity contribution in [3.05, 3.63) is 29.8 Å². The minimum Gasteiger partial charge on any atom is -0.491 e. The molecule has 0 amide bonds. The molecule has 0 radical (unpaired) electrons. The molecule has 6 nitrogen and oxygen atoms in total. The Bertz CT molecular complexity index is 681. The standard InChI is InChI=1S/C21H33F3N4O2.HI/c1-4-25-20(27-17-8-10-28(11-9-17)15(2)3)26-13-18(29)14-30-19-7-5-6-16(12-19)21(22,23)24;/h5-7,12,15,17-18,29H,4,8-11,13-14H2,1-3H3,(H2,25,26,27);1H. The van der Waals surface area contributed by atoms with Crippen LogP contribution in [0.5, 0.6) is 5.75 Å². The predicted octanol–water partition coefficient (Wildman–Crippen LogP) is 3.49. The van der Waals surface area contributed by atoms with E-state index in [-0.39, 0.29) is 42.9 Å². The van der Waals surface area contributed by atoms with Gasteiger partial charge in [-0.1, -0.05) is 6.07 Å². The molecule has 0 saturated carbocycles. The van der Waals surface area contributed by atoms with Gasteiger partial charge in [-0.15, -0.1) is 24.0 Å². The van der Waals surface area contributed by atoms with Gasteiger partial charge in [-0.2, -0.15) is 13.2 Å². The first-order valence-corrected chi connectivity index (χ1v) is 10.5. The molecule has 1 atom stereocenters. The molecule has 1 fully saturated rings. The van der Waals surface area contributed by atoms with E-state index in [1.165, 1.54) is 12.1 Å². The van der Waals surface area contributed by atoms with Gasteiger partial charge in [-0.3, -0.25) is 4.99 Å². The van der Waals surface area contributed by atoms with E-state index < -0.39 is 17.8 Å². The summed E-state index contributed by atoms with van der Waals surface area (Å²) in [7, 11) is 0. The summed E-state index contributed by atoms with van der Waals surface area (Å²) in [5.41, 5.74) is -0.783. The number of hydrogen-bond donors (Lipinski definition) is 3. The van der Waals surface area contributed by atoms with E-state index in [9.17, 15) is 18.3 Å². The largest absolute Gasteiger partial charge is 0.491 e. The van der Waals surface area contributed by atoms with Crippen molar-refractivity contribution in [1.29, 1.82) is 0 Å². The molecule has 0 spiro atoms. The summed E-state index contributed by atoms with van der Waals surface area (Å²) in [4.78, 5) is 6.84. The summed E-state index contributed by atoms with van der Waals surface area (Å²) >= 11 is 0. The summed E-state index contributed by atoms with van der Waals surface area (Å²) < 4.78 is 43.6. The summed E-state index contributed by atoms with van der Waals surface area (Å²) in [5, 5.41) is 16.7. The number of alkyl halides is 3. The number of hydrogen-bond acceptors (Lipinski definition) is 4. The lowest BCUT2D eigenvalue weighted by Gasteiger charge is -2.35. The van der Waals surface area contributed by atoms with Crippen LogP contribution in [0.15, 0.2) is 29.3 Å². The number of ether oxygens (including phenoxy) is 1. The molecule has 1 aliphatic rings. The molecule has 1 heterocycles. The van der Waals surface area contributed by atoms with Gasteiger partial charge in [0.25, 0.3) is 0 Å². The summed E-state index contributed by atoms with van der Waals surface area (Å²) in [5.74, 6) is 0.688. The van der Waals surface area contributed by atoms with E-state index in [4.69, 9.17) is 4.74 Å².